The molecule has 2 rings (SSSR count). The Hall–Kier alpha value is -1.88. The third-order valence-corrected chi connectivity index (χ3v) is 2.44. The predicted molar refractivity (Wildman–Crippen MR) is 60.9 cm³/mol. The predicted octanol–water partition coefficient (Wildman–Crippen LogP) is 0.987. The van der Waals surface area contributed by atoms with E-state index in [1.54, 1.807) is 12.1 Å². The van der Waals surface area contributed by atoms with Crippen molar-refractivity contribution in [3.8, 4) is 0 Å². The van der Waals surface area contributed by atoms with E-state index in [2.05, 4.69) is 10.6 Å². The Balaban J connectivity index is 2.42. The van der Waals surface area contributed by atoms with Gasteiger partial charge in [0, 0.05) is 6.04 Å². The zero-order valence-corrected chi connectivity index (χ0v) is 8.91. The molecule has 1 aromatic rings. The molecule has 0 aliphatic carbocycles. The highest BCUT2D eigenvalue weighted by atomic mass is 16.2. The number of fused-ring (bicyclic) bond motifs is 1. The van der Waals surface area contributed by atoms with Crippen molar-refractivity contribution in [3.05, 3.63) is 23.8 Å². The number of nitrogens with two attached hydrogens (primary N) is 1. The van der Waals surface area contributed by atoms with Crippen LogP contribution in [-0.4, -0.2) is 11.8 Å². The highest BCUT2D eigenvalue weighted by molar-refractivity contribution is 6.13. The summed E-state index contributed by atoms with van der Waals surface area (Å²) in [7, 11) is 0. The normalized spacial score (nSPS) is 16.9. The van der Waals surface area contributed by atoms with Gasteiger partial charge in [0.25, 0.3) is 0 Å². The molecule has 0 aromatic heterocycles. The molecular formula is C11H13N3O2. The summed E-state index contributed by atoms with van der Waals surface area (Å²) >= 11 is 0. The highest BCUT2D eigenvalue weighted by Crippen LogP contribution is 2.27. The summed E-state index contributed by atoms with van der Waals surface area (Å²) in [6, 6.07) is 5.25. The fraction of sp³-hybridized carbons (Fsp3) is 0.273. The number of hydrogen-bond acceptors (Lipinski definition) is 3. The molecular weight excluding hydrogens is 206 g/mol. The van der Waals surface area contributed by atoms with Gasteiger partial charge in [0.1, 0.15) is 6.42 Å². The number of nitrogens with one attached hydrogen (secondary N) is 2. The zero-order chi connectivity index (χ0) is 11.7. The van der Waals surface area contributed by atoms with Crippen molar-refractivity contribution >= 4 is 23.2 Å². The molecule has 2 amide bonds. The first-order chi connectivity index (χ1) is 7.56. The van der Waals surface area contributed by atoms with Crippen molar-refractivity contribution in [2.24, 2.45) is 5.73 Å². The molecule has 1 aliphatic rings. The fourth-order valence-electron chi connectivity index (χ4n) is 1.59. The van der Waals surface area contributed by atoms with Gasteiger partial charge >= 0.3 is 0 Å². The van der Waals surface area contributed by atoms with Crippen molar-refractivity contribution in [2.75, 3.05) is 10.6 Å². The molecule has 1 unspecified atom stereocenters. The van der Waals surface area contributed by atoms with E-state index in [-0.39, 0.29) is 24.3 Å². The molecule has 0 spiro atoms. The van der Waals surface area contributed by atoms with Gasteiger partial charge in [-0.3, -0.25) is 9.59 Å². The van der Waals surface area contributed by atoms with E-state index < -0.39 is 0 Å². The van der Waals surface area contributed by atoms with Crippen molar-refractivity contribution in [3.63, 3.8) is 0 Å². The van der Waals surface area contributed by atoms with E-state index in [1.165, 1.54) is 0 Å². The molecule has 16 heavy (non-hydrogen) atoms. The minimum absolute atomic E-state index is 0.110. The second-order valence-corrected chi connectivity index (χ2v) is 3.87. The average Bonchev–Trinajstić information content (AvgIpc) is 2.32. The lowest BCUT2D eigenvalue weighted by molar-refractivity contribution is -0.123. The first-order valence-corrected chi connectivity index (χ1v) is 5.05. The Bertz CT molecular complexity index is 455. The molecule has 0 saturated heterocycles. The molecule has 1 heterocycles. The molecule has 5 nitrogen and oxygen atoms in total. The Morgan fingerprint density at radius 3 is 2.44 bits per heavy atom. The Kier molecular flexibility index (Phi) is 2.62. The van der Waals surface area contributed by atoms with Gasteiger partial charge in [-0.1, -0.05) is 6.07 Å². The fourth-order valence-corrected chi connectivity index (χ4v) is 1.59. The quantitative estimate of drug-likeness (QED) is 0.616. The highest BCUT2D eigenvalue weighted by Gasteiger charge is 2.18. The molecule has 0 radical (unpaired) electrons. The minimum Gasteiger partial charge on any atom is -0.324 e. The summed E-state index contributed by atoms with van der Waals surface area (Å²) in [5.74, 6) is -0.608. The maximum atomic E-state index is 11.3. The molecule has 4 N–H and O–H groups in total. The van der Waals surface area contributed by atoms with Crippen LogP contribution in [0.5, 0.6) is 0 Å². The van der Waals surface area contributed by atoms with Crippen LogP contribution >= 0.6 is 0 Å². The standard InChI is InChI=1S/C11H13N3O2/c1-6(12)7-2-3-8-9(4-7)14-11(16)5-10(15)13-8/h2-4,6H,5,12H2,1H3,(H,13,15)(H,14,16). The van der Waals surface area contributed by atoms with Crippen LogP contribution in [0, 0.1) is 0 Å². The number of carbonyl (C=O) groups excluding carboxylic acids is 2. The molecule has 1 aliphatic heterocycles. The van der Waals surface area contributed by atoms with Gasteiger partial charge in [0.15, 0.2) is 0 Å². The van der Waals surface area contributed by atoms with E-state index >= 15 is 0 Å². The van der Waals surface area contributed by atoms with Crippen LogP contribution in [0.25, 0.3) is 0 Å². The monoisotopic (exact) mass is 219 g/mol. The van der Waals surface area contributed by atoms with Gasteiger partial charge in [0.05, 0.1) is 11.4 Å². The third kappa shape index (κ3) is 2.04. The number of rotatable bonds is 1. The van der Waals surface area contributed by atoms with Gasteiger partial charge in [-0.2, -0.15) is 0 Å². The van der Waals surface area contributed by atoms with Gasteiger partial charge in [-0.25, -0.2) is 0 Å². The molecule has 84 valence electrons. The number of benzene rings is 1. The topological polar surface area (TPSA) is 84.2 Å². The maximum Gasteiger partial charge on any atom is 0.233 e. The van der Waals surface area contributed by atoms with E-state index in [9.17, 15) is 9.59 Å². The van der Waals surface area contributed by atoms with Crippen LogP contribution in [0.3, 0.4) is 0 Å². The average molecular weight is 219 g/mol. The van der Waals surface area contributed by atoms with Gasteiger partial charge in [-0.15, -0.1) is 0 Å². The van der Waals surface area contributed by atoms with E-state index in [4.69, 9.17) is 5.73 Å². The van der Waals surface area contributed by atoms with Gasteiger partial charge in [-0.05, 0) is 24.6 Å². The van der Waals surface area contributed by atoms with Gasteiger partial charge in [0.2, 0.25) is 11.8 Å². The first kappa shape index (κ1) is 10.6. The van der Waals surface area contributed by atoms with Crippen LogP contribution in [0.4, 0.5) is 11.4 Å². The second kappa shape index (κ2) is 3.94. The molecule has 0 saturated carbocycles. The summed E-state index contributed by atoms with van der Waals surface area (Å²) in [5, 5.41) is 5.33. The largest absolute Gasteiger partial charge is 0.324 e. The summed E-state index contributed by atoms with van der Waals surface area (Å²) in [6.45, 7) is 1.86. The van der Waals surface area contributed by atoms with Crippen molar-refractivity contribution in [2.45, 2.75) is 19.4 Å². The number of hydrogen-bond donors (Lipinski definition) is 3. The van der Waals surface area contributed by atoms with Crippen LogP contribution in [0.2, 0.25) is 0 Å². The van der Waals surface area contributed by atoms with Crippen LogP contribution in [-0.2, 0) is 9.59 Å². The minimum atomic E-state index is -0.307. The third-order valence-electron chi connectivity index (χ3n) is 2.44. The van der Waals surface area contributed by atoms with Crippen molar-refractivity contribution in [1.29, 1.82) is 0 Å². The molecule has 1 atom stereocenters. The molecule has 1 aromatic carbocycles. The number of anilines is 2. The van der Waals surface area contributed by atoms with E-state index in [0.717, 1.165) is 5.56 Å². The lowest BCUT2D eigenvalue weighted by Gasteiger charge is -2.11. The van der Waals surface area contributed by atoms with Crippen LogP contribution in [0.1, 0.15) is 24.9 Å². The summed E-state index contributed by atoms with van der Waals surface area (Å²) in [6.07, 6.45) is -0.151. The Morgan fingerprint density at radius 2 is 1.81 bits per heavy atom. The lowest BCUT2D eigenvalue weighted by atomic mass is 10.1. The zero-order valence-electron chi connectivity index (χ0n) is 8.91. The van der Waals surface area contributed by atoms with Crippen molar-refractivity contribution < 1.29 is 9.59 Å². The number of amides is 2. The molecule has 0 bridgehead atoms. The summed E-state index contributed by atoms with van der Waals surface area (Å²) in [5.41, 5.74) is 7.87. The number of carbonyl (C=O) groups is 2. The van der Waals surface area contributed by atoms with E-state index in [0.29, 0.717) is 11.4 Å². The molecule has 0 fully saturated rings. The summed E-state index contributed by atoms with van der Waals surface area (Å²) < 4.78 is 0. The Labute approximate surface area is 93.0 Å². The van der Waals surface area contributed by atoms with Crippen LogP contribution in [0.15, 0.2) is 18.2 Å². The van der Waals surface area contributed by atoms with Gasteiger partial charge < -0.3 is 16.4 Å². The second-order valence-electron chi connectivity index (χ2n) is 3.87. The maximum absolute atomic E-state index is 11.3. The lowest BCUT2D eigenvalue weighted by Crippen LogP contribution is -2.16. The SMILES string of the molecule is CC(N)c1ccc2c(c1)NC(=O)CC(=O)N2. The Morgan fingerprint density at radius 1 is 1.19 bits per heavy atom. The summed E-state index contributed by atoms with van der Waals surface area (Å²) in [4.78, 5) is 22.6. The van der Waals surface area contributed by atoms with Crippen LogP contribution < -0.4 is 16.4 Å². The molecule has 5 heteroatoms. The van der Waals surface area contributed by atoms with Crippen molar-refractivity contribution in [1.82, 2.24) is 0 Å². The van der Waals surface area contributed by atoms with E-state index in [1.807, 2.05) is 13.0 Å². The first-order valence-electron chi connectivity index (χ1n) is 5.05. The smallest absolute Gasteiger partial charge is 0.233 e.